The van der Waals surface area contributed by atoms with Gasteiger partial charge in [-0.05, 0) is 5.56 Å². The highest BCUT2D eigenvalue weighted by Gasteiger charge is 2.17. The van der Waals surface area contributed by atoms with E-state index < -0.39 is 8.07 Å². The van der Waals surface area contributed by atoms with E-state index in [1.807, 2.05) is 30.3 Å². The summed E-state index contributed by atoms with van der Waals surface area (Å²) >= 11 is 0. The first-order valence-electron chi connectivity index (χ1n) is 5.28. The average molecular weight is 221 g/mol. The second-order valence-electron chi connectivity index (χ2n) is 5.00. The summed E-state index contributed by atoms with van der Waals surface area (Å²) < 4.78 is 0. The van der Waals surface area contributed by atoms with Crippen LogP contribution in [-0.4, -0.2) is 14.0 Å². The Labute approximate surface area is 92.7 Å². The second kappa shape index (κ2) is 5.12. The van der Waals surface area contributed by atoms with Crippen molar-refractivity contribution < 1.29 is 4.79 Å². The standard InChI is InChI=1S/C12H19NOSi/c1-15(2,3)10-12(14)13-9-11-7-5-4-6-8-11/h4-8H,9-10H2,1-3H3,(H,13,14). The van der Waals surface area contributed by atoms with E-state index in [4.69, 9.17) is 0 Å². The third kappa shape index (κ3) is 5.37. The first kappa shape index (κ1) is 12.0. The van der Waals surface area contributed by atoms with Gasteiger partial charge in [-0.2, -0.15) is 0 Å². The van der Waals surface area contributed by atoms with Gasteiger partial charge in [-0.3, -0.25) is 4.79 Å². The van der Waals surface area contributed by atoms with Gasteiger partial charge >= 0.3 is 0 Å². The molecule has 0 aliphatic rings. The Morgan fingerprint density at radius 1 is 1.20 bits per heavy atom. The Hall–Kier alpha value is -1.09. The van der Waals surface area contributed by atoms with Gasteiger partial charge in [0.15, 0.2) is 0 Å². The summed E-state index contributed by atoms with van der Waals surface area (Å²) in [5.74, 6) is 0.179. The van der Waals surface area contributed by atoms with Gasteiger partial charge in [-0.25, -0.2) is 0 Å². The third-order valence-electron chi connectivity index (χ3n) is 2.02. The summed E-state index contributed by atoms with van der Waals surface area (Å²) in [5.41, 5.74) is 1.15. The predicted octanol–water partition coefficient (Wildman–Crippen LogP) is 2.64. The molecule has 0 bridgehead atoms. The highest BCUT2D eigenvalue weighted by molar-refractivity contribution is 6.78. The number of hydrogen-bond donors (Lipinski definition) is 1. The minimum atomic E-state index is -1.27. The fraction of sp³-hybridized carbons (Fsp3) is 0.417. The van der Waals surface area contributed by atoms with Crippen molar-refractivity contribution in [1.82, 2.24) is 5.32 Å². The average Bonchev–Trinajstić information content (AvgIpc) is 2.14. The van der Waals surface area contributed by atoms with Crippen LogP contribution in [-0.2, 0) is 11.3 Å². The van der Waals surface area contributed by atoms with Crippen LogP contribution < -0.4 is 5.32 Å². The van der Waals surface area contributed by atoms with Crippen molar-refractivity contribution in [1.29, 1.82) is 0 Å². The van der Waals surface area contributed by atoms with Crippen LogP contribution in [0.25, 0.3) is 0 Å². The highest BCUT2D eigenvalue weighted by Crippen LogP contribution is 2.07. The molecule has 0 heterocycles. The van der Waals surface area contributed by atoms with Gasteiger partial charge in [0.05, 0.1) is 8.07 Å². The summed E-state index contributed by atoms with van der Waals surface area (Å²) in [4.78, 5) is 11.6. The van der Waals surface area contributed by atoms with Crippen molar-refractivity contribution in [2.75, 3.05) is 0 Å². The molecule has 0 aromatic heterocycles. The topological polar surface area (TPSA) is 29.1 Å². The molecule has 1 aromatic rings. The van der Waals surface area contributed by atoms with Gasteiger partial charge in [-0.1, -0.05) is 50.0 Å². The zero-order valence-electron chi connectivity index (χ0n) is 9.71. The monoisotopic (exact) mass is 221 g/mol. The molecule has 3 heteroatoms. The van der Waals surface area contributed by atoms with Crippen LogP contribution in [0.15, 0.2) is 30.3 Å². The molecule has 0 fully saturated rings. The molecule has 0 saturated heterocycles. The zero-order valence-corrected chi connectivity index (χ0v) is 10.7. The Morgan fingerprint density at radius 3 is 2.33 bits per heavy atom. The summed E-state index contributed by atoms with van der Waals surface area (Å²) in [7, 11) is -1.27. The van der Waals surface area contributed by atoms with Gasteiger partial charge in [0.25, 0.3) is 0 Å². The number of carbonyl (C=O) groups excluding carboxylic acids is 1. The van der Waals surface area contributed by atoms with E-state index >= 15 is 0 Å². The van der Waals surface area contributed by atoms with Crippen molar-refractivity contribution in [3.8, 4) is 0 Å². The first-order valence-corrected chi connectivity index (χ1v) is 8.99. The smallest absolute Gasteiger partial charge is 0.217 e. The van der Waals surface area contributed by atoms with Gasteiger partial charge in [-0.15, -0.1) is 0 Å². The molecule has 1 amide bonds. The van der Waals surface area contributed by atoms with Crippen LogP contribution in [0.5, 0.6) is 0 Å². The van der Waals surface area contributed by atoms with Crippen LogP contribution in [0.1, 0.15) is 5.56 Å². The van der Waals surface area contributed by atoms with Crippen molar-refractivity contribution in [3.63, 3.8) is 0 Å². The molecule has 82 valence electrons. The first-order chi connectivity index (χ1) is 6.97. The SMILES string of the molecule is C[Si](C)(C)CC(=O)NCc1ccccc1. The largest absolute Gasteiger partial charge is 0.352 e. The third-order valence-corrected chi connectivity index (χ3v) is 3.41. The van der Waals surface area contributed by atoms with Crippen LogP contribution in [0.2, 0.25) is 25.7 Å². The molecule has 2 nitrogen and oxygen atoms in total. The Morgan fingerprint density at radius 2 is 1.80 bits per heavy atom. The second-order valence-corrected chi connectivity index (χ2v) is 10.5. The van der Waals surface area contributed by atoms with Gasteiger partial charge in [0.2, 0.25) is 5.91 Å². The minimum absolute atomic E-state index is 0.179. The van der Waals surface area contributed by atoms with E-state index in [0.717, 1.165) is 5.56 Å². The van der Waals surface area contributed by atoms with E-state index in [2.05, 4.69) is 25.0 Å². The van der Waals surface area contributed by atoms with E-state index in [1.54, 1.807) is 0 Å². The lowest BCUT2D eigenvalue weighted by atomic mass is 10.2. The molecular formula is C12H19NOSi. The molecule has 1 aromatic carbocycles. The molecule has 0 spiro atoms. The lowest BCUT2D eigenvalue weighted by Crippen LogP contribution is -2.32. The molecule has 1 N–H and O–H groups in total. The molecule has 0 saturated carbocycles. The van der Waals surface area contributed by atoms with Crippen molar-refractivity contribution in [2.24, 2.45) is 0 Å². The molecule has 0 aliphatic carbocycles. The summed E-state index contributed by atoms with van der Waals surface area (Å²) in [6.45, 7) is 7.25. The quantitative estimate of drug-likeness (QED) is 0.778. The molecule has 1 rings (SSSR count). The summed E-state index contributed by atoms with van der Waals surface area (Å²) in [6.07, 6.45) is 0. The van der Waals surface area contributed by atoms with Gasteiger partial charge in [0.1, 0.15) is 0 Å². The van der Waals surface area contributed by atoms with Gasteiger partial charge < -0.3 is 5.32 Å². The van der Waals surface area contributed by atoms with Crippen molar-refractivity contribution >= 4 is 14.0 Å². The van der Waals surface area contributed by atoms with Gasteiger partial charge in [0, 0.05) is 12.6 Å². The Balaban J connectivity index is 2.35. The van der Waals surface area contributed by atoms with Crippen molar-refractivity contribution in [2.45, 2.75) is 32.2 Å². The fourth-order valence-corrected chi connectivity index (χ4v) is 2.43. The number of rotatable bonds is 4. The molecular weight excluding hydrogens is 202 g/mol. The molecule has 0 radical (unpaired) electrons. The lowest BCUT2D eigenvalue weighted by Gasteiger charge is -2.15. The maximum atomic E-state index is 11.6. The van der Waals surface area contributed by atoms with Crippen LogP contribution in [0.3, 0.4) is 0 Å². The number of benzene rings is 1. The number of hydrogen-bond acceptors (Lipinski definition) is 1. The molecule has 15 heavy (non-hydrogen) atoms. The predicted molar refractivity (Wildman–Crippen MR) is 66.4 cm³/mol. The van der Waals surface area contributed by atoms with E-state index in [1.165, 1.54) is 0 Å². The Kier molecular flexibility index (Phi) is 4.09. The Bertz CT molecular complexity index is 316. The van der Waals surface area contributed by atoms with E-state index in [0.29, 0.717) is 12.6 Å². The molecule has 0 unspecified atom stereocenters. The maximum absolute atomic E-state index is 11.6. The number of amides is 1. The van der Waals surface area contributed by atoms with Crippen LogP contribution >= 0.6 is 0 Å². The number of nitrogens with one attached hydrogen (secondary N) is 1. The van der Waals surface area contributed by atoms with Crippen LogP contribution in [0.4, 0.5) is 0 Å². The minimum Gasteiger partial charge on any atom is -0.352 e. The van der Waals surface area contributed by atoms with E-state index in [-0.39, 0.29) is 5.91 Å². The molecule has 0 aliphatic heterocycles. The highest BCUT2D eigenvalue weighted by atomic mass is 28.3. The summed E-state index contributed by atoms with van der Waals surface area (Å²) in [5, 5.41) is 2.95. The van der Waals surface area contributed by atoms with Crippen LogP contribution in [0, 0.1) is 0 Å². The summed E-state index contributed by atoms with van der Waals surface area (Å²) in [6, 6.07) is 10.7. The molecule has 0 atom stereocenters. The maximum Gasteiger partial charge on any atom is 0.217 e. The number of carbonyl (C=O) groups is 1. The van der Waals surface area contributed by atoms with Crippen molar-refractivity contribution in [3.05, 3.63) is 35.9 Å². The van der Waals surface area contributed by atoms with E-state index in [9.17, 15) is 4.79 Å². The lowest BCUT2D eigenvalue weighted by molar-refractivity contribution is -0.119. The fourth-order valence-electron chi connectivity index (χ4n) is 1.34. The normalized spacial score (nSPS) is 11.1. The zero-order chi connectivity index (χ0) is 11.3.